The maximum absolute atomic E-state index is 14.3. The second kappa shape index (κ2) is 10.4. The van der Waals surface area contributed by atoms with E-state index in [4.69, 9.17) is 25.2 Å². The van der Waals surface area contributed by atoms with Gasteiger partial charge in [-0.1, -0.05) is 0 Å². The Hall–Kier alpha value is -2.43. The van der Waals surface area contributed by atoms with E-state index in [0.29, 0.717) is 36.6 Å². The van der Waals surface area contributed by atoms with E-state index < -0.39 is 30.7 Å². The first-order chi connectivity index (χ1) is 17.7. The Bertz CT molecular complexity index is 1110. The van der Waals surface area contributed by atoms with Crippen LogP contribution in [0.25, 0.3) is 0 Å². The van der Waals surface area contributed by atoms with Gasteiger partial charge in [-0.15, -0.1) is 0 Å². The molecule has 194 valence electrons. The molecule has 0 amide bonds. The van der Waals surface area contributed by atoms with Crippen LogP contribution in [-0.2, 0) is 6.42 Å². The van der Waals surface area contributed by atoms with Gasteiger partial charge in [0.25, 0.3) is 5.92 Å². The Morgan fingerprint density at radius 1 is 1.19 bits per heavy atom. The number of hydrogen-bond donors (Lipinski definition) is 2. The van der Waals surface area contributed by atoms with Crippen LogP contribution in [0, 0.1) is 0 Å². The fourth-order valence-corrected chi connectivity index (χ4v) is 5.39. The third-order valence-corrected chi connectivity index (χ3v) is 7.06. The number of fused-ring (bicyclic) bond motifs is 2. The van der Waals surface area contributed by atoms with Gasteiger partial charge in [0.05, 0.1) is 36.8 Å². The zero-order valence-electron chi connectivity index (χ0n) is 20.5. The van der Waals surface area contributed by atoms with Crippen LogP contribution in [0.5, 0.6) is 11.5 Å². The predicted molar refractivity (Wildman–Crippen MR) is 134 cm³/mol. The highest BCUT2D eigenvalue weighted by Gasteiger charge is 2.40. The second-order valence-electron chi connectivity index (χ2n) is 10.0. The number of rotatable bonds is 9. The number of anilines is 1. The van der Waals surface area contributed by atoms with Crippen molar-refractivity contribution in [3.63, 3.8) is 0 Å². The van der Waals surface area contributed by atoms with E-state index in [-0.39, 0.29) is 12.7 Å². The Morgan fingerprint density at radius 3 is 2.68 bits per heavy atom. The summed E-state index contributed by atoms with van der Waals surface area (Å²) in [5.74, 6) is -2.53. The van der Waals surface area contributed by atoms with Crippen molar-refractivity contribution in [2.75, 3.05) is 51.3 Å². The number of aromatic nitrogens is 1. The van der Waals surface area contributed by atoms with Crippen molar-refractivity contribution in [2.24, 2.45) is 0 Å². The highest BCUT2D eigenvalue weighted by molar-refractivity contribution is 6.38. The molecular formula is C25H29B2F3N4O3. The highest BCUT2D eigenvalue weighted by Crippen LogP contribution is 2.45. The van der Waals surface area contributed by atoms with Gasteiger partial charge < -0.3 is 24.8 Å². The van der Waals surface area contributed by atoms with E-state index in [1.54, 1.807) is 23.2 Å². The Morgan fingerprint density at radius 2 is 1.97 bits per heavy atom. The van der Waals surface area contributed by atoms with Gasteiger partial charge in [-0.05, 0) is 54.7 Å². The molecule has 0 saturated carbocycles. The molecule has 2 N–H and O–H groups in total. The van der Waals surface area contributed by atoms with Crippen LogP contribution < -0.4 is 14.8 Å². The predicted octanol–water partition coefficient (Wildman–Crippen LogP) is 2.22. The summed E-state index contributed by atoms with van der Waals surface area (Å²) in [5.41, 5.74) is 1.26. The van der Waals surface area contributed by atoms with Crippen molar-refractivity contribution in [3.05, 3.63) is 47.3 Å². The first-order valence-corrected chi connectivity index (χ1v) is 12.5. The molecule has 1 fully saturated rings. The number of nitrogens with one attached hydrogen (secondary N) is 1. The van der Waals surface area contributed by atoms with Crippen LogP contribution in [-0.4, -0.2) is 99.1 Å². The van der Waals surface area contributed by atoms with Gasteiger partial charge in [0.2, 0.25) is 0 Å². The van der Waals surface area contributed by atoms with Gasteiger partial charge in [-0.25, -0.2) is 8.78 Å². The topological polar surface area (TPSA) is 70.1 Å². The lowest BCUT2D eigenvalue weighted by atomic mass is 9.76. The van der Waals surface area contributed by atoms with Gasteiger partial charge in [0, 0.05) is 32.2 Å². The maximum Gasteiger partial charge on any atom is 0.283 e. The molecule has 1 aromatic carbocycles. The molecular weight excluding hydrogens is 483 g/mol. The molecule has 2 atom stereocenters. The van der Waals surface area contributed by atoms with Crippen molar-refractivity contribution in [2.45, 2.75) is 42.9 Å². The smallest absolute Gasteiger partial charge is 0.283 e. The first kappa shape index (κ1) is 26.2. The molecule has 4 heterocycles. The van der Waals surface area contributed by atoms with Crippen LogP contribution in [0.4, 0.5) is 18.9 Å². The minimum absolute atomic E-state index is 0.231. The van der Waals surface area contributed by atoms with Crippen LogP contribution in [0.1, 0.15) is 35.7 Å². The number of ether oxygens (including phenoxy) is 2. The third kappa shape index (κ3) is 5.86. The summed E-state index contributed by atoms with van der Waals surface area (Å²) < 4.78 is 52.0. The minimum Gasteiger partial charge on any atom is -0.468 e. The largest absolute Gasteiger partial charge is 0.468 e. The molecule has 4 radical (unpaired) electrons. The highest BCUT2D eigenvalue weighted by atomic mass is 19.3. The Labute approximate surface area is 217 Å². The van der Waals surface area contributed by atoms with E-state index in [0.717, 1.165) is 42.9 Å². The summed E-state index contributed by atoms with van der Waals surface area (Å²) in [4.78, 5) is 8.50. The molecule has 2 aromatic rings. The summed E-state index contributed by atoms with van der Waals surface area (Å²) in [5, 5.41) is 12.7. The van der Waals surface area contributed by atoms with Crippen LogP contribution in [0.15, 0.2) is 30.5 Å². The molecule has 5 rings (SSSR count). The van der Waals surface area contributed by atoms with Crippen molar-refractivity contribution in [1.29, 1.82) is 0 Å². The molecule has 0 spiro atoms. The van der Waals surface area contributed by atoms with Crippen LogP contribution in [0.2, 0.25) is 0 Å². The van der Waals surface area contributed by atoms with Crippen molar-refractivity contribution in [3.8, 4) is 11.5 Å². The number of alkyl halides is 3. The van der Waals surface area contributed by atoms with Crippen molar-refractivity contribution < 1.29 is 27.8 Å². The molecule has 7 nitrogen and oxygen atoms in total. The van der Waals surface area contributed by atoms with Crippen LogP contribution >= 0.6 is 0 Å². The lowest BCUT2D eigenvalue weighted by Gasteiger charge is -2.38. The lowest BCUT2D eigenvalue weighted by Crippen LogP contribution is -2.45. The standard InChI is InChI=1S/C25H29B2F3N4O3/c26-25(27)36-21-10-16-4-9-34(14-24(29,30)15-35)23(19(16)11-22(21)37-25)20-3-2-17(12-31-20)32-18-5-8-33(13-18)7-1-6-28/h2-3,10-12,18,23,32,35H,1,4-9,13-15H2. The number of pyridine rings is 1. The van der Waals surface area contributed by atoms with E-state index in [1.807, 2.05) is 12.1 Å². The summed E-state index contributed by atoms with van der Waals surface area (Å²) in [6.45, 7) is 0.646. The first-order valence-electron chi connectivity index (χ1n) is 12.5. The number of hydrogen-bond acceptors (Lipinski definition) is 7. The molecule has 12 heteroatoms. The molecule has 2 unspecified atom stereocenters. The fourth-order valence-electron chi connectivity index (χ4n) is 5.39. The van der Waals surface area contributed by atoms with Gasteiger partial charge in [0.15, 0.2) is 32.8 Å². The number of nitrogens with zero attached hydrogens (tertiary/aromatic N) is 3. The minimum atomic E-state index is -3.27. The van der Waals surface area contributed by atoms with Crippen molar-refractivity contribution >= 4 is 21.4 Å². The zero-order chi connectivity index (χ0) is 26.2. The number of aliphatic hydroxyl groups excluding tert-OH is 1. The van der Waals surface area contributed by atoms with Crippen molar-refractivity contribution in [1.82, 2.24) is 14.8 Å². The van der Waals surface area contributed by atoms with Gasteiger partial charge >= 0.3 is 0 Å². The van der Waals surface area contributed by atoms with Gasteiger partial charge in [0.1, 0.15) is 6.61 Å². The SMILES string of the molecule is [B]C1([B])Oc2cc3c(cc2O1)C(c1ccc(NC2CCN(CCCF)C2)cn1)N(CC(F)(F)CO)CC3. The van der Waals surface area contributed by atoms with E-state index in [1.165, 1.54) is 0 Å². The molecule has 0 bridgehead atoms. The normalized spacial score (nSPS) is 23.2. The number of benzene rings is 1. The monoisotopic (exact) mass is 512 g/mol. The van der Waals surface area contributed by atoms with E-state index >= 15 is 0 Å². The number of halogens is 3. The Balaban J connectivity index is 1.39. The summed E-state index contributed by atoms with van der Waals surface area (Å²) in [7, 11) is 11.5. The average molecular weight is 512 g/mol. The summed E-state index contributed by atoms with van der Waals surface area (Å²) in [6.07, 6.45) is 3.68. The molecule has 1 saturated heterocycles. The Kier molecular flexibility index (Phi) is 7.35. The molecule has 3 aliphatic heterocycles. The number of likely N-dealkylation sites (tertiary alicyclic amines) is 1. The number of aliphatic hydroxyl groups is 1. The summed E-state index contributed by atoms with van der Waals surface area (Å²) >= 11 is 0. The quantitative estimate of drug-likeness (QED) is 0.500. The second-order valence-corrected chi connectivity index (χ2v) is 10.0. The third-order valence-electron chi connectivity index (χ3n) is 7.06. The zero-order valence-corrected chi connectivity index (χ0v) is 20.5. The van der Waals surface area contributed by atoms with Crippen LogP contribution in [0.3, 0.4) is 0 Å². The lowest BCUT2D eigenvalue weighted by molar-refractivity contribution is -0.0788. The summed E-state index contributed by atoms with van der Waals surface area (Å²) in [6, 6.07) is 6.85. The molecule has 0 aliphatic carbocycles. The maximum atomic E-state index is 14.3. The average Bonchev–Trinajstić information content (AvgIpc) is 3.43. The van der Waals surface area contributed by atoms with Gasteiger partial charge in [-0.3, -0.25) is 14.3 Å². The fraction of sp³-hybridized carbons (Fsp3) is 0.560. The molecule has 1 aromatic heterocycles. The van der Waals surface area contributed by atoms with E-state index in [2.05, 4.69) is 15.2 Å². The van der Waals surface area contributed by atoms with E-state index in [9.17, 15) is 18.3 Å². The molecule has 37 heavy (non-hydrogen) atoms. The van der Waals surface area contributed by atoms with Gasteiger partial charge in [-0.2, -0.15) is 0 Å². The molecule has 3 aliphatic rings.